The van der Waals surface area contributed by atoms with Crippen LogP contribution >= 0.6 is 11.6 Å². The SMILES string of the molecule is C=CCC(NC(=O)C(C)(C)Oc1ccc(Cl)cc1)C(=O)O. The van der Waals surface area contributed by atoms with Gasteiger partial charge in [0.25, 0.3) is 5.91 Å². The summed E-state index contributed by atoms with van der Waals surface area (Å²) in [6.07, 6.45) is 1.57. The molecule has 5 nitrogen and oxygen atoms in total. The summed E-state index contributed by atoms with van der Waals surface area (Å²) < 4.78 is 5.59. The fraction of sp³-hybridized carbons (Fsp3) is 0.333. The van der Waals surface area contributed by atoms with Gasteiger partial charge in [-0.05, 0) is 44.5 Å². The van der Waals surface area contributed by atoms with Crippen LogP contribution in [0.15, 0.2) is 36.9 Å². The van der Waals surface area contributed by atoms with E-state index in [0.717, 1.165) is 0 Å². The Balaban J connectivity index is 2.76. The number of ether oxygens (including phenoxy) is 1. The molecule has 1 aromatic rings. The first-order chi connectivity index (χ1) is 9.76. The molecule has 1 amide bonds. The maximum Gasteiger partial charge on any atom is 0.326 e. The number of amides is 1. The second kappa shape index (κ2) is 7.13. The van der Waals surface area contributed by atoms with Crippen molar-refractivity contribution in [3.63, 3.8) is 0 Å². The summed E-state index contributed by atoms with van der Waals surface area (Å²) in [5.74, 6) is -1.17. The quantitative estimate of drug-likeness (QED) is 0.759. The summed E-state index contributed by atoms with van der Waals surface area (Å²) in [4.78, 5) is 23.2. The third-order valence-electron chi connectivity index (χ3n) is 2.74. The number of halogens is 1. The highest BCUT2D eigenvalue weighted by Crippen LogP contribution is 2.21. The van der Waals surface area contributed by atoms with E-state index < -0.39 is 23.5 Å². The van der Waals surface area contributed by atoms with Crippen molar-refractivity contribution in [2.24, 2.45) is 0 Å². The molecule has 2 N–H and O–H groups in total. The van der Waals surface area contributed by atoms with E-state index in [-0.39, 0.29) is 6.42 Å². The smallest absolute Gasteiger partial charge is 0.326 e. The summed E-state index contributed by atoms with van der Waals surface area (Å²) in [7, 11) is 0. The first-order valence-corrected chi connectivity index (χ1v) is 6.73. The Morgan fingerprint density at radius 1 is 1.43 bits per heavy atom. The standard InChI is InChI=1S/C15H18ClNO4/c1-4-5-12(13(18)19)17-14(20)15(2,3)21-11-8-6-10(16)7-9-11/h4,6-9,12H,1,5H2,2-3H3,(H,17,20)(H,18,19). The lowest BCUT2D eigenvalue weighted by atomic mass is 10.1. The fourth-order valence-corrected chi connectivity index (χ4v) is 1.69. The fourth-order valence-electron chi connectivity index (χ4n) is 1.56. The van der Waals surface area contributed by atoms with Crippen molar-refractivity contribution < 1.29 is 19.4 Å². The monoisotopic (exact) mass is 311 g/mol. The number of hydrogen-bond acceptors (Lipinski definition) is 3. The molecule has 0 heterocycles. The summed E-state index contributed by atoms with van der Waals surface area (Å²) in [6, 6.07) is 5.53. The second-order valence-corrected chi connectivity index (χ2v) is 5.39. The predicted molar refractivity (Wildman–Crippen MR) is 80.5 cm³/mol. The Labute approximate surface area is 128 Å². The molecule has 0 saturated heterocycles. The van der Waals surface area contributed by atoms with Gasteiger partial charge in [-0.3, -0.25) is 4.79 Å². The molecule has 0 radical (unpaired) electrons. The average Bonchev–Trinajstić information content (AvgIpc) is 2.40. The molecule has 0 fully saturated rings. The topological polar surface area (TPSA) is 75.6 Å². The molecule has 1 atom stereocenters. The normalized spacial score (nSPS) is 12.3. The molecular weight excluding hydrogens is 294 g/mol. The highest BCUT2D eigenvalue weighted by atomic mass is 35.5. The minimum absolute atomic E-state index is 0.137. The minimum atomic E-state index is -1.22. The van der Waals surface area contributed by atoms with E-state index in [1.165, 1.54) is 6.08 Å². The average molecular weight is 312 g/mol. The van der Waals surface area contributed by atoms with Gasteiger partial charge in [0.15, 0.2) is 5.60 Å². The number of nitrogens with one attached hydrogen (secondary N) is 1. The van der Waals surface area contributed by atoms with Gasteiger partial charge in [-0.25, -0.2) is 4.79 Å². The van der Waals surface area contributed by atoms with E-state index in [0.29, 0.717) is 10.8 Å². The van der Waals surface area contributed by atoms with E-state index in [4.69, 9.17) is 21.4 Å². The van der Waals surface area contributed by atoms with Crippen molar-refractivity contribution >= 4 is 23.5 Å². The maximum absolute atomic E-state index is 12.2. The van der Waals surface area contributed by atoms with Crippen molar-refractivity contribution in [1.29, 1.82) is 0 Å². The molecular formula is C15H18ClNO4. The Morgan fingerprint density at radius 3 is 2.48 bits per heavy atom. The number of carbonyl (C=O) groups excluding carboxylic acids is 1. The number of hydrogen-bond donors (Lipinski definition) is 2. The van der Waals surface area contributed by atoms with Gasteiger partial charge in [0.05, 0.1) is 0 Å². The van der Waals surface area contributed by atoms with Crippen LogP contribution in [0.1, 0.15) is 20.3 Å². The van der Waals surface area contributed by atoms with Crippen LogP contribution in [0.5, 0.6) is 5.75 Å². The third-order valence-corrected chi connectivity index (χ3v) is 2.99. The Bertz CT molecular complexity index is 525. The molecule has 1 unspecified atom stereocenters. The van der Waals surface area contributed by atoms with Crippen LogP contribution in [0.3, 0.4) is 0 Å². The molecule has 114 valence electrons. The first kappa shape index (κ1) is 17.0. The van der Waals surface area contributed by atoms with Crippen molar-refractivity contribution in [3.8, 4) is 5.75 Å². The lowest BCUT2D eigenvalue weighted by Crippen LogP contribution is -2.52. The zero-order chi connectivity index (χ0) is 16.0. The van der Waals surface area contributed by atoms with Gasteiger partial charge in [0, 0.05) is 5.02 Å². The predicted octanol–water partition coefficient (Wildman–Crippen LogP) is 2.64. The number of carboxylic acid groups (broad SMARTS) is 1. The summed E-state index contributed by atoms with van der Waals surface area (Å²) in [5, 5.41) is 12.0. The Kier molecular flexibility index (Phi) is 5.79. The number of benzene rings is 1. The maximum atomic E-state index is 12.2. The molecule has 0 aliphatic carbocycles. The van der Waals surface area contributed by atoms with Gasteiger partial charge in [-0.15, -0.1) is 6.58 Å². The number of carboxylic acids is 1. The van der Waals surface area contributed by atoms with Gasteiger partial charge in [-0.1, -0.05) is 17.7 Å². The van der Waals surface area contributed by atoms with E-state index in [2.05, 4.69) is 11.9 Å². The van der Waals surface area contributed by atoms with Crippen LogP contribution in [-0.2, 0) is 9.59 Å². The highest BCUT2D eigenvalue weighted by Gasteiger charge is 2.33. The number of rotatable bonds is 7. The van der Waals surface area contributed by atoms with Crippen molar-refractivity contribution in [3.05, 3.63) is 41.9 Å². The third kappa shape index (κ3) is 5.11. The van der Waals surface area contributed by atoms with Gasteiger partial charge in [0.1, 0.15) is 11.8 Å². The Hall–Kier alpha value is -2.01. The minimum Gasteiger partial charge on any atom is -0.480 e. The molecule has 1 aromatic carbocycles. The second-order valence-electron chi connectivity index (χ2n) is 4.95. The molecule has 1 rings (SSSR count). The summed E-state index contributed by atoms with van der Waals surface area (Å²) in [6.45, 7) is 6.59. The van der Waals surface area contributed by atoms with Crippen LogP contribution in [0.4, 0.5) is 0 Å². The van der Waals surface area contributed by atoms with Crippen molar-refractivity contribution in [1.82, 2.24) is 5.32 Å². The van der Waals surface area contributed by atoms with Gasteiger partial charge in [0.2, 0.25) is 0 Å². The highest BCUT2D eigenvalue weighted by molar-refractivity contribution is 6.30. The molecule has 0 aliphatic heterocycles. The van der Waals surface area contributed by atoms with Crippen LogP contribution in [0, 0.1) is 0 Å². The van der Waals surface area contributed by atoms with Gasteiger partial charge in [-0.2, -0.15) is 0 Å². The van der Waals surface area contributed by atoms with Gasteiger partial charge < -0.3 is 15.2 Å². The van der Waals surface area contributed by atoms with Crippen molar-refractivity contribution in [2.75, 3.05) is 0 Å². The molecule has 0 spiro atoms. The van der Waals surface area contributed by atoms with E-state index in [1.807, 2.05) is 0 Å². The van der Waals surface area contributed by atoms with Crippen LogP contribution in [-0.4, -0.2) is 28.6 Å². The summed E-state index contributed by atoms with van der Waals surface area (Å²) >= 11 is 5.77. The van der Waals surface area contributed by atoms with Crippen LogP contribution in [0.25, 0.3) is 0 Å². The van der Waals surface area contributed by atoms with Crippen molar-refractivity contribution in [2.45, 2.75) is 31.9 Å². The lowest BCUT2D eigenvalue weighted by Gasteiger charge is -2.27. The molecule has 6 heteroatoms. The van der Waals surface area contributed by atoms with E-state index in [9.17, 15) is 9.59 Å². The first-order valence-electron chi connectivity index (χ1n) is 6.35. The molecule has 0 bridgehead atoms. The van der Waals surface area contributed by atoms with Crippen LogP contribution < -0.4 is 10.1 Å². The zero-order valence-corrected chi connectivity index (χ0v) is 12.7. The number of carbonyl (C=O) groups is 2. The largest absolute Gasteiger partial charge is 0.480 e. The lowest BCUT2D eigenvalue weighted by molar-refractivity contribution is -0.144. The molecule has 0 aliphatic rings. The van der Waals surface area contributed by atoms with E-state index >= 15 is 0 Å². The molecule has 0 saturated carbocycles. The molecule has 21 heavy (non-hydrogen) atoms. The molecule has 0 aromatic heterocycles. The van der Waals surface area contributed by atoms with Crippen LogP contribution in [0.2, 0.25) is 5.02 Å². The zero-order valence-electron chi connectivity index (χ0n) is 11.9. The summed E-state index contributed by atoms with van der Waals surface area (Å²) in [5.41, 5.74) is -1.22. The van der Waals surface area contributed by atoms with Gasteiger partial charge >= 0.3 is 5.97 Å². The number of aliphatic carboxylic acids is 1. The van der Waals surface area contributed by atoms with E-state index in [1.54, 1.807) is 38.1 Å². The Morgan fingerprint density at radius 2 is 2.00 bits per heavy atom.